The van der Waals surface area contributed by atoms with Crippen LogP contribution in [-0.2, 0) is 19.1 Å². The average molecular weight is 465 g/mol. The molecule has 0 radical (unpaired) electrons. The first kappa shape index (κ1) is 27.6. The van der Waals surface area contributed by atoms with Crippen LogP contribution in [0.3, 0.4) is 0 Å². The van der Waals surface area contributed by atoms with Crippen molar-refractivity contribution in [2.75, 3.05) is 6.61 Å². The van der Waals surface area contributed by atoms with E-state index in [4.69, 9.17) is 9.47 Å². The van der Waals surface area contributed by atoms with Gasteiger partial charge >= 0.3 is 11.9 Å². The van der Waals surface area contributed by atoms with Gasteiger partial charge in [0.15, 0.2) is 0 Å². The van der Waals surface area contributed by atoms with Gasteiger partial charge in [-0.05, 0) is 76.2 Å². The van der Waals surface area contributed by atoms with Crippen LogP contribution >= 0.6 is 0 Å². The van der Waals surface area contributed by atoms with Crippen molar-refractivity contribution in [3.63, 3.8) is 0 Å². The fraction of sp³-hybridized carbons (Fsp3) is 0.778. The first-order chi connectivity index (χ1) is 15.5. The van der Waals surface area contributed by atoms with Crippen molar-refractivity contribution < 1.29 is 29.3 Å². The molecule has 6 nitrogen and oxygen atoms in total. The topological polar surface area (TPSA) is 93.1 Å². The maximum atomic E-state index is 12.9. The smallest absolute Gasteiger partial charge is 0.311 e. The zero-order valence-electron chi connectivity index (χ0n) is 21.3. The summed E-state index contributed by atoms with van der Waals surface area (Å²) in [6.45, 7) is 12.2. The molecule has 0 aromatic rings. The molecule has 0 fully saturated rings. The summed E-state index contributed by atoms with van der Waals surface area (Å²) >= 11 is 0. The fourth-order valence-corrected chi connectivity index (χ4v) is 4.98. The molecule has 0 saturated carbocycles. The summed E-state index contributed by atoms with van der Waals surface area (Å²) in [6.07, 6.45) is 7.70. The van der Waals surface area contributed by atoms with E-state index in [1.807, 2.05) is 20.8 Å². The van der Waals surface area contributed by atoms with Crippen LogP contribution in [0.2, 0.25) is 0 Å². The lowest BCUT2D eigenvalue weighted by molar-refractivity contribution is -0.164. The van der Waals surface area contributed by atoms with Gasteiger partial charge in [0.25, 0.3) is 0 Å². The predicted octanol–water partition coefficient (Wildman–Crippen LogP) is 4.58. The Morgan fingerprint density at radius 1 is 1.18 bits per heavy atom. The quantitative estimate of drug-likeness (QED) is 0.435. The van der Waals surface area contributed by atoms with E-state index in [0.717, 1.165) is 19.3 Å². The minimum absolute atomic E-state index is 0.105. The van der Waals surface area contributed by atoms with Gasteiger partial charge in [0.05, 0.1) is 30.7 Å². The molecule has 0 bridgehead atoms. The largest absolute Gasteiger partial charge is 0.466 e. The van der Waals surface area contributed by atoms with Gasteiger partial charge in [-0.1, -0.05) is 39.0 Å². The highest BCUT2D eigenvalue weighted by molar-refractivity contribution is 5.76. The second-order valence-electron chi connectivity index (χ2n) is 10.6. The van der Waals surface area contributed by atoms with Gasteiger partial charge in [0.1, 0.15) is 6.10 Å². The van der Waals surface area contributed by atoms with E-state index in [0.29, 0.717) is 12.3 Å². The Hall–Kier alpha value is -1.66. The summed E-state index contributed by atoms with van der Waals surface area (Å²) in [5.74, 6) is 0.363. The molecule has 0 spiro atoms. The van der Waals surface area contributed by atoms with Crippen molar-refractivity contribution in [2.45, 2.75) is 98.4 Å². The molecule has 0 aromatic carbocycles. The SMILES string of the molecule is CCOC(=O)CC(O)CC(O)CC[C@@H]1[C@@H]2C(=CC(C)CC2OC(=O)C(C)(C)CC)C=C[C@@H]1C. The first-order valence-electron chi connectivity index (χ1n) is 12.6. The molecule has 2 aliphatic carbocycles. The van der Waals surface area contributed by atoms with E-state index in [1.54, 1.807) is 6.92 Å². The number of rotatable bonds is 11. The van der Waals surface area contributed by atoms with Crippen LogP contribution in [0.25, 0.3) is 0 Å². The molecule has 33 heavy (non-hydrogen) atoms. The number of aliphatic hydroxyl groups excluding tert-OH is 2. The van der Waals surface area contributed by atoms with E-state index >= 15 is 0 Å². The summed E-state index contributed by atoms with van der Waals surface area (Å²) in [7, 11) is 0. The summed E-state index contributed by atoms with van der Waals surface area (Å²) in [4.78, 5) is 24.5. The monoisotopic (exact) mass is 464 g/mol. The van der Waals surface area contributed by atoms with Crippen LogP contribution in [0.15, 0.2) is 23.8 Å². The lowest BCUT2D eigenvalue weighted by Gasteiger charge is -2.44. The average Bonchev–Trinajstić information content (AvgIpc) is 2.72. The standard InChI is InChI=1S/C27H44O6/c1-7-27(5,6)26(31)33-23-14-17(3)13-19-10-9-18(4)22(25(19)23)12-11-20(28)15-21(29)16-24(30)32-8-2/h9-10,13,17-18,20-23,25,28-29H,7-8,11-12,14-16H2,1-6H3/t17?,18-,20?,21?,22-,23?,25-/m0/s1. The number of carbonyl (C=O) groups is 2. The molecule has 6 heteroatoms. The third-order valence-electron chi connectivity index (χ3n) is 7.38. The van der Waals surface area contributed by atoms with E-state index in [-0.39, 0.29) is 49.3 Å². The number of fused-ring (bicyclic) bond motifs is 1. The zero-order chi connectivity index (χ0) is 24.8. The molecule has 7 atom stereocenters. The van der Waals surface area contributed by atoms with Crippen LogP contribution in [0.4, 0.5) is 0 Å². The van der Waals surface area contributed by atoms with Crippen molar-refractivity contribution >= 4 is 11.9 Å². The Labute approximate surface area is 199 Å². The molecule has 0 aromatic heterocycles. The highest BCUT2D eigenvalue weighted by Gasteiger charge is 2.42. The highest BCUT2D eigenvalue weighted by atomic mass is 16.5. The normalized spacial score (nSPS) is 29.0. The third-order valence-corrected chi connectivity index (χ3v) is 7.38. The number of aliphatic hydroxyl groups is 2. The highest BCUT2D eigenvalue weighted by Crippen LogP contribution is 2.45. The van der Waals surface area contributed by atoms with Gasteiger partial charge in [-0.3, -0.25) is 9.59 Å². The molecule has 0 amide bonds. The zero-order valence-corrected chi connectivity index (χ0v) is 21.3. The molecular formula is C27H44O6. The van der Waals surface area contributed by atoms with E-state index in [1.165, 1.54) is 5.57 Å². The van der Waals surface area contributed by atoms with Crippen molar-refractivity contribution in [1.82, 2.24) is 0 Å². The Morgan fingerprint density at radius 3 is 2.52 bits per heavy atom. The fourth-order valence-electron chi connectivity index (χ4n) is 4.98. The van der Waals surface area contributed by atoms with Gasteiger partial charge in [-0.2, -0.15) is 0 Å². The number of hydrogen-bond donors (Lipinski definition) is 2. The van der Waals surface area contributed by atoms with Crippen molar-refractivity contribution in [1.29, 1.82) is 0 Å². The molecule has 0 aliphatic heterocycles. The molecule has 0 heterocycles. The Kier molecular flexibility index (Phi) is 10.2. The van der Waals surface area contributed by atoms with E-state index in [9.17, 15) is 19.8 Å². The van der Waals surface area contributed by atoms with Gasteiger partial charge < -0.3 is 19.7 Å². The summed E-state index contributed by atoms with van der Waals surface area (Å²) in [5.41, 5.74) is 0.710. The molecular weight excluding hydrogens is 420 g/mol. The Balaban J connectivity index is 2.07. The minimum Gasteiger partial charge on any atom is -0.466 e. The third kappa shape index (κ3) is 7.68. The van der Waals surface area contributed by atoms with Crippen LogP contribution in [0.5, 0.6) is 0 Å². The van der Waals surface area contributed by atoms with E-state index in [2.05, 4.69) is 32.1 Å². The lowest BCUT2D eigenvalue weighted by atomic mass is 9.65. The maximum absolute atomic E-state index is 12.9. The molecule has 2 rings (SSSR count). The van der Waals surface area contributed by atoms with Crippen molar-refractivity contribution in [2.24, 2.45) is 29.1 Å². The summed E-state index contributed by atoms with van der Waals surface area (Å²) in [5, 5.41) is 20.7. The molecule has 0 saturated heterocycles. The molecule has 2 aliphatic rings. The number of hydrogen-bond acceptors (Lipinski definition) is 6. The van der Waals surface area contributed by atoms with Gasteiger partial charge in [0.2, 0.25) is 0 Å². The first-order valence-corrected chi connectivity index (χ1v) is 12.6. The van der Waals surface area contributed by atoms with Crippen LogP contribution in [0.1, 0.15) is 80.1 Å². The Bertz CT molecular complexity index is 724. The van der Waals surface area contributed by atoms with Gasteiger partial charge in [-0.25, -0.2) is 0 Å². The van der Waals surface area contributed by atoms with Crippen molar-refractivity contribution in [3.05, 3.63) is 23.8 Å². The molecule has 2 N–H and O–H groups in total. The van der Waals surface area contributed by atoms with Crippen molar-refractivity contribution in [3.8, 4) is 0 Å². The summed E-state index contributed by atoms with van der Waals surface area (Å²) < 4.78 is 11.0. The lowest BCUT2D eigenvalue weighted by Crippen LogP contribution is -2.43. The number of carbonyl (C=O) groups excluding carboxylic acids is 2. The number of esters is 2. The van der Waals surface area contributed by atoms with E-state index < -0.39 is 23.6 Å². The maximum Gasteiger partial charge on any atom is 0.311 e. The van der Waals surface area contributed by atoms with Crippen LogP contribution in [0, 0.1) is 29.1 Å². The minimum atomic E-state index is -0.918. The van der Waals surface area contributed by atoms with Crippen LogP contribution in [-0.4, -0.2) is 47.1 Å². The number of allylic oxidation sites excluding steroid dienone is 3. The second kappa shape index (κ2) is 12.2. The predicted molar refractivity (Wildman–Crippen MR) is 128 cm³/mol. The Morgan fingerprint density at radius 2 is 1.88 bits per heavy atom. The van der Waals surface area contributed by atoms with Gasteiger partial charge in [-0.15, -0.1) is 0 Å². The van der Waals surface area contributed by atoms with Crippen LogP contribution < -0.4 is 0 Å². The molecule has 188 valence electrons. The number of ether oxygens (including phenoxy) is 2. The van der Waals surface area contributed by atoms with Gasteiger partial charge in [0, 0.05) is 5.92 Å². The molecule has 4 unspecified atom stereocenters. The second-order valence-corrected chi connectivity index (χ2v) is 10.6. The summed E-state index contributed by atoms with van der Waals surface area (Å²) in [6, 6.07) is 0.